The zero-order valence-corrected chi connectivity index (χ0v) is 9.32. The van der Waals surface area contributed by atoms with Crippen LogP contribution in [0.4, 0.5) is 0 Å². The van der Waals surface area contributed by atoms with Crippen LogP contribution in [0.25, 0.3) is 0 Å². The molecular weight excluding hydrogens is 196 g/mol. The summed E-state index contributed by atoms with van der Waals surface area (Å²) in [4.78, 5) is 11.4. The van der Waals surface area contributed by atoms with Crippen LogP contribution in [0.2, 0.25) is 0 Å². The zero-order chi connectivity index (χ0) is 11.5. The summed E-state index contributed by atoms with van der Waals surface area (Å²) in [5, 5.41) is 12.3. The van der Waals surface area contributed by atoms with Crippen molar-refractivity contribution in [2.24, 2.45) is 11.1 Å². The highest BCUT2D eigenvalue weighted by atomic mass is 16.5. The van der Waals surface area contributed by atoms with Gasteiger partial charge in [-0.25, -0.2) is 0 Å². The predicted octanol–water partition coefficient (Wildman–Crippen LogP) is -0.763. The zero-order valence-electron chi connectivity index (χ0n) is 9.32. The predicted molar refractivity (Wildman–Crippen MR) is 56.2 cm³/mol. The molecule has 0 spiro atoms. The van der Waals surface area contributed by atoms with Gasteiger partial charge in [-0.15, -0.1) is 0 Å². The maximum absolute atomic E-state index is 11.4. The van der Waals surface area contributed by atoms with Crippen LogP contribution >= 0.6 is 0 Å². The minimum atomic E-state index is -0.326. The van der Waals surface area contributed by atoms with E-state index in [2.05, 4.69) is 5.32 Å². The second-order valence-corrected chi connectivity index (χ2v) is 4.53. The second-order valence-electron chi connectivity index (χ2n) is 4.53. The summed E-state index contributed by atoms with van der Waals surface area (Å²) in [5.74, 6) is -0.145. The molecule has 0 saturated heterocycles. The fourth-order valence-corrected chi connectivity index (χ4v) is 1.63. The van der Waals surface area contributed by atoms with Gasteiger partial charge in [0.15, 0.2) is 0 Å². The Morgan fingerprint density at radius 1 is 1.67 bits per heavy atom. The third-order valence-electron chi connectivity index (χ3n) is 3.05. The Hall–Kier alpha value is -0.650. The van der Waals surface area contributed by atoms with E-state index < -0.39 is 0 Å². The van der Waals surface area contributed by atoms with E-state index in [4.69, 9.17) is 10.5 Å². The number of rotatable bonds is 5. The van der Waals surface area contributed by atoms with E-state index in [-0.39, 0.29) is 30.1 Å². The van der Waals surface area contributed by atoms with Gasteiger partial charge >= 0.3 is 0 Å². The van der Waals surface area contributed by atoms with Crippen molar-refractivity contribution in [1.29, 1.82) is 0 Å². The smallest absolute Gasteiger partial charge is 0.246 e. The maximum Gasteiger partial charge on any atom is 0.246 e. The minimum Gasteiger partial charge on any atom is -0.392 e. The average Bonchev–Trinajstić information content (AvgIpc) is 2.18. The molecule has 0 aromatic heterocycles. The van der Waals surface area contributed by atoms with Gasteiger partial charge in [0.1, 0.15) is 6.61 Å². The van der Waals surface area contributed by atoms with E-state index >= 15 is 0 Å². The Bertz CT molecular complexity index is 231. The van der Waals surface area contributed by atoms with Crippen LogP contribution in [0, 0.1) is 5.41 Å². The highest BCUT2D eigenvalue weighted by Gasteiger charge is 2.47. The summed E-state index contributed by atoms with van der Waals surface area (Å²) >= 11 is 0. The molecule has 2 unspecified atom stereocenters. The molecule has 2 atom stereocenters. The lowest BCUT2D eigenvalue weighted by molar-refractivity contribution is -0.133. The van der Waals surface area contributed by atoms with Gasteiger partial charge < -0.3 is 20.9 Å². The van der Waals surface area contributed by atoms with Crippen LogP contribution < -0.4 is 11.1 Å². The van der Waals surface area contributed by atoms with E-state index in [9.17, 15) is 9.90 Å². The Morgan fingerprint density at radius 2 is 2.33 bits per heavy atom. The summed E-state index contributed by atoms with van der Waals surface area (Å²) in [7, 11) is 0. The minimum absolute atomic E-state index is 0.0415. The van der Waals surface area contributed by atoms with E-state index in [0.29, 0.717) is 19.6 Å². The highest BCUT2D eigenvalue weighted by molar-refractivity contribution is 5.77. The van der Waals surface area contributed by atoms with Gasteiger partial charge in [0.25, 0.3) is 0 Å². The van der Waals surface area contributed by atoms with Crippen molar-refractivity contribution in [3.63, 3.8) is 0 Å². The second kappa shape index (κ2) is 4.92. The monoisotopic (exact) mass is 216 g/mol. The fourth-order valence-electron chi connectivity index (χ4n) is 1.63. The molecule has 0 aromatic carbocycles. The fraction of sp³-hybridized carbons (Fsp3) is 0.900. The molecule has 5 heteroatoms. The SMILES string of the molecule is CC1(C)C(O)CC1NC(=O)COCCN. The number of aliphatic hydroxyl groups excluding tert-OH is 1. The summed E-state index contributed by atoms with van der Waals surface area (Å²) in [6.07, 6.45) is 0.295. The van der Waals surface area contributed by atoms with Crippen LogP contribution in [-0.2, 0) is 9.53 Å². The largest absolute Gasteiger partial charge is 0.392 e. The van der Waals surface area contributed by atoms with E-state index in [1.807, 2.05) is 13.8 Å². The van der Waals surface area contributed by atoms with Gasteiger partial charge in [-0.05, 0) is 6.42 Å². The third-order valence-corrected chi connectivity index (χ3v) is 3.05. The van der Waals surface area contributed by atoms with Crippen molar-refractivity contribution in [3.05, 3.63) is 0 Å². The topological polar surface area (TPSA) is 84.6 Å². The van der Waals surface area contributed by atoms with E-state index in [1.165, 1.54) is 0 Å². The molecule has 1 saturated carbocycles. The number of hydrogen-bond acceptors (Lipinski definition) is 4. The molecule has 1 fully saturated rings. The van der Waals surface area contributed by atoms with E-state index in [1.54, 1.807) is 0 Å². The average molecular weight is 216 g/mol. The van der Waals surface area contributed by atoms with Crippen molar-refractivity contribution in [3.8, 4) is 0 Å². The molecule has 4 N–H and O–H groups in total. The van der Waals surface area contributed by atoms with Gasteiger partial charge in [-0.2, -0.15) is 0 Å². The van der Waals surface area contributed by atoms with E-state index in [0.717, 1.165) is 0 Å². The molecule has 5 nitrogen and oxygen atoms in total. The molecule has 0 radical (unpaired) electrons. The molecule has 0 heterocycles. The van der Waals surface area contributed by atoms with Crippen molar-refractivity contribution >= 4 is 5.91 Å². The van der Waals surface area contributed by atoms with Crippen molar-refractivity contribution in [2.45, 2.75) is 32.4 Å². The summed E-state index contributed by atoms with van der Waals surface area (Å²) in [6, 6.07) is 0.0430. The van der Waals surface area contributed by atoms with Crippen LogP contribution in [0.15, 0.2) is 0 Å². The molecule has 15 heavy (non-hydrogen) atoms. The van der Waals surface area contributed by atoms with Crippen molar-refractivity contribution in [1.82, 2.24) is 5.32 Å². The molecule has 1 rings (SSSR count). The van der Waals surface area contributed by atoms with Gasteiger partial charge in [0.05, 0.1) is 12.7 Å². The Morgan fingerprint density at radius 3 is 2.80 bits per heavy atom. The van der Waals surface area contributed by atoms with Gasteiger partial charge in [0.2, 0.25) is 5.91 Å². The Balaban J connectivity index is 2.22. The molecule has 88 valence electrons. The standard InChI is InChI=1S/C10H20N2O3/c1-10(2)7(5-8(10)13)12-9(14)6-15-4-3-11/h7-8,13H,3-6,11H2,1-2H3,(H,12,14). The number of carbonyl (C=O) groups is 1. The van der Waals surface area contributed by atoms with Crippen molar-refractivity contribution < 1.29 is 14.6 Å². The number of nitrogens with two attached hydrogens (primary N) is 1. The first-order chi connectivity index (χ1) is 6.98. The molecule has 0 aliphatic heterocycles. The molecule has 0 aromatic rings. The highest BCUT2D eigenvalue weighted by Crippen LogP contribution is 2.40. The molecule has 1 aliphatic carbocycles. The lowest BCUT2D eigenvalue weighted by Crippen LogP contribution is -2.61. The summed E-state index contributed by atoms with van der Waals surface area (Å²) in [5.41, 5.74) is 4.99. The van der Waals surface area contributed by atoms with Crippen LogP contribution in [0.5, 0.6) is 0 Å². The van der Waals surface area contributed by atoms with Crippen LogP contribution in [-0.4, -0.2) is 42.9 Å². The first-order valence-corrected chi connectivity index (χ1v) is 5.23. The molecule has 0 bridgehead atoms. The Labute approximate surface area is 90.0 Å². The third kappa shape index (κ3) is 2.90. The number of aliphatic hydroxyl groups is 1. The maximum atomic E-state index is 11.4. The lowest BCUT2D eigenvalue weighted by atomic mass is 9.64. The number of amides is 1. The summed E-state index contributed by atoms with van der Waals surface area (Å²) in [6.45, 7) is 4.73. The quantitative estimate of drug-likeness (QED) is 0.527. The number of hydrogen-bond donors (Lipinski definition) is 3. The number of nitrogens with one attached hydrogen (secondary N) is 1. The van der Waals surface area contributed by atoms with Gasteiger partial charge in [0, 0.05) is 18.0 Å². The normalized spacial score (nSPS) is 28.3. The van der Waals surface area contributed by atoms with Crippen LogP contribution in [0.1, 0.15) is 20.3 Å². The van der Waals surface area contributed by atoms with Crippen molar-refractivity contribution in [2.75, 3.05) is 19.8 Å². The van der Waals surface area contributed by atoms with Crippen LogP contribution in [0.3, 0.4) is 0 Å². The molecule has 1 aliphatic rings. The first-order valence-electron chi connectivity index (χ1n) is 5.23. The number of ether oxygens (including phenoxy) is 1. The van der Waals surface area contributed by atoms with Gasteiger partial charge in [-0.3, -0.25) is 4.79 Å². The summed E-state index contributed by atoms with van der Waals surface area (Å²) < 4.78 is 5.01. The Kier molecular flexibility index (Phi) is 4.07. The molecule has 1 amide bonds. The first kappa shape index (κ1) is 12.4. The van der Waals surface area contributed by atoms with Gasteiger partial charge in [-0.1, -0.05) is 13.8 Å². The number of carbonyl (C=O) groups excluding carboxylic acids is 1. The molecular formula is C10H20N2O3. The lowest BCUT2D eigenvalue weighted by Gasteiger charge is -2.49.